The summed E-state index contributed by atoms with van der Waals surface area (Å²) in [4.78, 5) is 24.7. The molecule has 0 radical (unpaired) electrons. The van der Waals surface area contributed by atoms with E-state index in [1.54, 1.807) is 16.6 Å². The van der Waals surface area contributed by atoms with Crippen molar-refractivity contribution in [2.75, 3.05) is 19.4 Å². The fourth-order valence-electron chi connectivity index (χ4n) is 3.05. The minimum atomic E-state index is -1.14. The van der Waals surface area contributed by atoms with Crippen molar-refractivity contribution in [1.82, 2.24) is 14.6 Å². The minimum absolute atomic E-state index is 0.148. The van der Waals surface area contributed by atoms with Gasteiger partial charge in [0.05, 0.1) is 11.8 Å². The Labute approximate surface area is 180 Å². The molecule has 3 heterocycles. The third-order valence-electron chi connectivity index (χ3n) is 4.27. The molecule has 1 fully saturated rings. The van der Waals surface area contributed by atoms with E-state index in [0.717, 1.165) is 6.92 Å². The zero-order valence-electron chi connectivity index (χ0n) is 18.2. The van der Waals surface area contributed by atoms with Gasteiger partial charge >= 0.3 is 5.97 Å². The van der Waals surface area contributed by atoms with Crippen molar-refractivity contribution in [1.29, 1.82) is 5.26 Å². The van der Waals surface area contributed by atoms with Crippen LogP contribution in [0, 0.1) is 17.2 Å². The average molecular weight is 434 g/mol. The number of ether oxygens (including phenoxy) is 2. The van der Waals surface area contributed by atoms with E-state index in [1.165, 1.54) is 13.4 Å². The van der Waals surface area contributed by atoms with Gasteiger partial charge < -0.3 is 26.0 Å². The number of carboxylic acid groups (broad SMARTS) is 1. The first-order chi connectivity index (χ1) is 14.7. The molecule has 0 aromatic carbocycles. The number of anilines is 1. The summed E-state index contributed by atoms with van der Waals surface area (Å²) in [5.74, 6) is -0.499. The van der Waals surface area contributed by atoms with Crippen LogP contribution in [-0.2, 0) is 24.7 Å². The second kappa shape index (κ2) is 11.8. The third kappa shape index (κ3) is 6.91. The maximum Gasteiger partial charge on any atom is 0.306 e. The number of hydrogen-bond acceptors (Lipinski definition) is 9. The molecule has 11 heteroatoms. The molecule has 170 valence electrons. The molecular formula is C20H30N6O5. The molecule has 3 rings (SSSR count). The van der Waals surface area contributed by atoms with Crippen molar-refractivity contribution in [2.24, 2.45) is 11.7 Å². The first kappa shape index (κ1) is 25.8. The summed E-state index contributed by atoms with van der Waals surface area (Å²) in [6.45, 7) is 5.15. The highest BCUT2D eigenvalue weighted by Gasteiger charge is 2.45. The topological polar surface area (TPSA) is 179 Å². The number of nitrogens with zero attached hydrogens (tertiary/aromatic N) is 4. The predicted molar refractivity (Wildman–Crippen MR) is 113 cm³/mol. The third-order valence-corrected chi connectivity index (χ3v) is 4.27. The van der Waals surface area contributed by atoms with Crippen LogP contribution in [-0.4, -0.2) is 51.4 Å². The van der Waals surface area contributed by atoms with Crippen LogP contribution in [0.25, 0.3) is 5.52 Å². The Morgan fingerprint density at radius 3 is 2.68 bits per heavy atom. The molecule has 0 amide bonds. The molecule has 11 nitrogen and oxygen atoms in total. The second-order valence-electron chi connectivity index (χ2n) is 7.18. The fraction of sp³-hybridized carbons (Fsp3) is 0.550. The largest absolute Gasteiger partial charge is 0.481 e. The molecule has 2 unspecified atom stereocenters. The number of nitrogen functional groups attached to an aromatic ring is 1. The fourth-order valence-corrected chi connectivity index (χ4v) is 3.05. The summed E-state index contributed by atoms with van der Waals surface area (Å²) < 4.78 is 12.8. The number of aromatic nitrogens is 3. The average Bonchev–Trinajstić information content (AvgIpc) is 3.33. The molecule has 2 aromatic rings. The Hall–Kier alpha value is -3.23. The van der Waals surface area contributed by atoms with Gasteiger partial charge in [-0.05, 0) is 37.9 Å². The minimum Gasteiger partial charge on any atom is -0.481 e. The van der Waals surface area contributed by atoms with Gasteiger partial charge in [-0.2, -0.15) is 10.4 Å². The van der Waals surface area contributed by atoms with Crippen molar-refractivity contribution in [3.63, 3.8) is 0 Å². The van der Waals surface area contributed by atoms with E-state index in [9.17, 15) is 10.1 Å². The molecule has 0 bridgehead atoms. The van der Waals surface area contributed by atoms with Crippen molar-refractivity contribution in [3.8, 4) is 6.07 Å². The van der Waals surface area contributed by atoms with Crippen LogP contribution in [0.4, 0.5) is 5.82 Å². The highest BCUT2D eigenvalue weighted by atomic mass is 16.6. The Morgan fingerprint density at radius 2 is 2.10 bits per heavy atom. The summed E-state index contributed by atoms with van der Waals surface area (Å²) in [7, 11) is 1.50. The lowest BCUT2D eigenvalue weighted by atomic mass is 9.98. The van der Waals surface area contributed by atoms with Gasteiger partial charge in [0.15, 0.2) is 11.4 Å². The van der Waals surface area contributed by atoms with Gasteiger partial charge in [0.2, 0.25) is 0 Å². The van der Waals surface area contributed by atoms with E-state index >= 15 is 0 Å². The van der Waals surface area contributed by atoms with E-state index in [1.807, 2.05) is 13.8 Å². The van der Waals surface area contributed by atoms with Crippen molar-refractivity contribution < 1.29 is 24.2 Å². The van der Waals surface area contributed by atoms with E-state index < -0.39 is 11.6 Å². The van der Waals surface area contributed by atoms with Crippen molar-refractivity contribution in [3.05, 3.63) is 24.2 Å². The van der Waals surface area contributed by atoms with E-state index in [2.05, 4.69) is 21.9 Å². The normalized spacial score (nSPS) is 19.6. The number of nitriles is 1. The zero-order valence-corrected chi connectivity index (χ0v) is 18.2. The lowest BCUT2D eigenvalue weighted by Gasteiger charge is -2.21. The number of fused-ring (bicyclic) bond motifs is 1. The lowest BCUT2D eigenvalue weighted by molar-refractivity contribution is -0.149. The number of esters is 1. The van der Waals surface area contributed by atoms with Crippen LogP contribution in [0.15, 0.2) is 18.5 Å². The van der Waals surface area contributed by atoms with E-state index in [4.69, 9.17) is 25.1 Å². The second-order valence-corrected chi connectivity index (χ2v) is 7.18. The van der Waals surface area contributed by atoms with Gasteiger partial charge in [0, 0.05) is 13.3 Å². The smallest absolute Gasteiger partial charge is 0.306 e. The van der Waals surface area contributed by atoms with Crippen LogP contribution < -0.4 is 11.5 Å². The number of nitrogens with two attached hydrogens (primary N) is 2. The van der Waals surface area contributed by atoms with E-state index in [0.29, 0.717) is 36.3 Å². The molecule has 0 aliphatic carbocycles. The molecule has 5 N–H and O–H groups in total. The van der Waals surface area contributed by atoms with Gasteiger partial charge in [-0.25, -0.2) is 9.50 Å². The van der Waals surface area contributed by atoms with Gasteiger partial charge in [-0.1, -0.05) is 13.8 Å². The molecule has 2 atom stereocenters. The van der Waals surface area contributed by atoms with Gasteiger partial charge in [0.1, 0.15) is 24.5 Å². The Kier molecular flexibility index (Phi) is 9.85. The van der Waals surface area contributed by atoms with Crippen LogP contribution in [0.1, 0.15) is 45.7 Å². The number of carboxylic acids is 1. The summed E-state index contributed by atoms with van der Waals surface area (Å²) >= 11 is 0. The number of carbonyl (C=O) groups is 2. The van der Waals surface area contributed by atoms with Crippen LogP contribution in [0.3, 0.4) is 0 Å². The highest BCUT2D eigenvalue weighted by molar-refractivity contribution is 5.69. The monoisotopic (exact) mass is 434 g/mol. The van der Waals surface area contributed by atoms with Crippen molar-refractivity contribution in [2.45, 2.75) is 51.7 Å². The highest BCUT2D eigenvalue weighted by Crippen LogP contribution is 2.39. The van der Waals surface area contributed by atoms with Crippen molar-refractivity contribution >= 4 is 23.3 Å². The maximum atomic E-state index is 11.7. The Morgan fingerprint density at radius 1 is 1.45 bits per heavy atom. The van der Waals surface area contributed by atoms with E-state index in [-0.39, 0.29) is 24.6 Å². The molecule has 0 spiro atoms. The van der Waals surface area contributed by atoms with Gasteiger partial charge in [0.25, 0.3) is 5.97 Å². The first-order valence-corrected chi connectivity index (χ1v) is 9.79. The van der Waals surface area contributed by atoms with Gasteiger partial charge in [-0.15, -0.1) is 0 Å². The molecular weight excluding hydrogens is 404 g/mol. The molecule has 1 saturated heterocycles. The number of aliphatic carboxylic acids is 1. The Bertz CT molecular complexity index is 918. The summed E-state index contributed by atoms with van der Waals surface area (Å²) in [6, 6.07) is 5.80. The number of carbonyl (C=O) groups excluding carboxylic acids is 1. The molecule has 2 aromatic heterocycles. The molecule has 1 aliphatic heterocycles. The van der Waals surface area contributed by atoms with Gasteiger partial charge in [-0.3, -0.25) is 9.59 Å². The maximum absolute atomic E-state index is 11.7. The number of rotatable bonds is 5. The quantitative estimate of drug-likeness (QED) is 0.583. The predicted octanol–water partition coefficient (Wildman–Crippen LogP) is 1.46. The zero-order chi connectivity index (χ0) is 23.6. The SMILES string of the molecule is CC(=O)O.CC(C)CC(=O)OCC1CCC(C#N)(c2ccc3c(N)ncnn23)O1.CN. The Balaban J connectivity index is 0.000000720. The van der Waals surface area contributed by atoms with Crippen LogP contribution in [0.5, 0.6) is 0 Å². The summed E-state index contributed by atoms with van der Waals surface area (Å²) in [5, 5.41) is 21.4. The molecule has 31 heavy (non-hydrogen) atoms. The lowest BCUT2D eigenvalue weighted by Crippen LogP contribution is -2.29. The molecule has 1 aliphatic rings. The number of hydrogen-bond donors (Lipinski definition) is 3. The van der Waals surface area contributed by atoms with Crippen LogP contribution in [0.2, 0.25) is 0 Å². The summed E-state index contributed by atoms with van der Waals surface area (Å²) in [6.07, 6.45) is 2.51. The van der Waals surface area contributed by atoms with Crippen LogP contribution >= 0.6 is 0 Å². The molecule has 0 saturated carbocycles. The first-order valence-electron chi connectivity index (χ1n) is 9.79. The summed E-state index contributed by atoms with van der Waals surface area (Å²) in [5.41, 5.74) is 10.4. The standard InChI is InChI=1S/C17H21N5O3.C2H4O2.CH5N/c1-11(2)7-15(23)24-8-12-5-6-17(9-18,25-12)14-4-3-13-16(19)20-10-21-22(13)14;1-2(3)4;1-2/h3-4,10-12H,5-8H2,1-2H3,(H2,19,20,21);1H3,(H,3,4);2H2,1H3.